The van der Waals surface area contributed by atoms with Crippen LogP contribution in [-0.4, -0.2) is 55.5 Å². The number of likely N-dealkylation sites (tertiary alicyclic amines) is 1. The van der Waals surface area contributed by atoms with Gasteiger partial charge in [0.15, 0.2) is 0 Å². The van der Waals surface area contributed by atoms with E-state index in [1.54, 1.807) is 12.1 Å². The highest BCUT2D eigenvalue weighted by Gasteiger charge is 2.27. The first-order valence-electron chi connectivity index (χ1n) is 9.07. The monoisotopic (exact) mass is 382 g/mol. The van der Waals surface area contributed by atoms with Gasteiger partial charge < -0.3 is 15.1 Å². The lowest BCUT2D eigenvalue weighted by molar-refractivity contribution is -0.384. The summed E-state index contributed by atoms with van der Waals surface area (Å²) < 4.78 is 0. The second-order valence-corrected chi connectivity index (χ2v) is 6.97. The molecule has 0 aromatic heterocycles. The van der Waals surface area contributed by atoms with Gasteiger partial charge in [-0.1, -0.05) is 0 Å². The van der Waals surface area contributed by atoms with Gasteiger partial charge in [-0.2, -0.15) is 0 Å². The topological polar surface area (TPSA) is 78.7 Å². The largest absolute Gasteiger partial charge is 0.366 e. The van der Waals surface area contributed by atoms with Crippen molar-refractivity contribution in [1.29, 1.82) is 0 Å². The molecule has 1 amide bonds. The van der Waals surface area contributed by atoms with Crippen LogP contribution in [0.2, 0.25) is 0 Å². The first-order chi connectivity index (χ1) is 12.1. The molecule has 1 N–H and O–H groups in total. The molecule has 2 aliphatic rings. The number of nitrogens with one attached hydrogen (secondary N) is 1. The lowest BCUT2D eigenvalue weighted by Gasteiger charge is -2.32. The first kappa shape index (κ1) is 20.5. The predicted octanol–water partition coefficient (Wildman–Crippen LogP) is 2.69. The highest BCUT2D eigenvalue weighted by atomic mass is 35.5. The van der Waals surface area contributed by atoms with Crippen LogP contribution in [0.15, 0.2) is 18.2 Å². The van der Waals surface area contributed by atoms with Crippen LogP contribution >= 0.6 is 12.4 Å². The van der Waals surface area contributed by atoms with Gasteiger partial charge in [0, 0.05) is 37.8 Å². The minimum Gasteiger partial charge on any atom is -0.366 e. The van der Waals surface area contributed by atoms with Crippen molar-refractivity contribution in [2.75, 3.05) is 44.7 Å². The zero-order valence-electron chi connectivity index (χ0n) is 15.1. The second-order valence-electron chi connectivity index (χ2n) is 6.97. The van der Waals surface area contributed by atoms with Crippen molar-refractivity contribution < 1.29 is 9.72 Å². The Balaban J connectivity index is 0.00000243. The Hall–Kier alpha value is -1.86. The Kier molecular flexibility index (Phi) is 7.23. The van der Waals surface area contributed by atoms with Crippen molar-refractivity contribution in [3.8, 4) is 0 Å². The lowest BCUT2D eigenvalue weighted by atomic mass is 9.97. The molecule has 2 heterocycles. The molecule has 7 nitrogen and oxygen atoms in total. The predicted molar refractivity (Wildman–Crippen MR) is 104 cm³/mol. The number of nitrogens with zero attached hydrogens (tertiary/aromatic N) is 3. The Morgan fingerprint density at radius 2 is 2.00 bits per heavy atom. The molecular weight excluding hydrogens is 356 g/mol. The Morgan fingerprint density at radius 1 is 1.27 bits per heavy atom. The van der Waals surface area contributed by atoms with Crippen molar-refractivity contribution in [1.82, 2.24) is 10.2 Å². The van der Waals surface area contributed by atoms with Gasteiger partial charge in [-0.25, -0.2) is 0 Å². The number of nitro groups is 1. The number of anilines is 1. The van der Waals surface area contributed by atoms with Gasteiger partial charge in [-0.15, -0.1) is 12.4 Å². The number of carbonyl (C=O) groups excluding carboxylic acids is 1. The summed E-state index contributed by atoms with van der Waals surface area (Å²) in [5.74, 6) is 0.346. The fraction of sp³-hybridized carbons (Fsp3) is 0.611. The van der Waals surface area contributed by atoms with E-state index in [0.29, 0.717) is 23.7 Å². The van der Waals surface area contributed by atoms with Crippen LogP contribution < -0.4 is 10.2 Å². The number of hydrogen-bond donors (Lipinski definition) is 1. The van der Waals surface area contributed by atoms with Gasteiger partial charge in [0.25, 0.3) is 11.6 Å². The Bertz CT molecular complexity index is 647. The van der Waals surface area contributed by atoms with Gasteiger partial charge in [-0.3, -0.25) is 14.9 Å². The molecule has 1 atom stereocenters. The summed E-state index contributed by atoms with van der Waals surface area (Å²) >= 11 is 0. The van der Waals surface area contributed by atoms with Crippen LogP contribution in [0.4, 0.5) is 11.4 Å². The van der Waals surface area contributed by atoms with Crippen LogP contribution in [0.1, 0.15) is 36.0 Å². The quantitative estimate of drug-likeness (QED) is 0.625. The summed E-state index contributed by atoms with van der Waals surface area (Å²) in [6, 6.07) is 4.94. The van der Waals surface area contributed by atoms with E-state index in [9.17, 15) is 14.9 Å². The summed E-state index contributed by atoms with van der Waals surface area (Å²) in [6.07, 6.45) is 4.20. The number of benzene rings is 1. The maximum absolute atomic E-state index is 12.8. The average Bonchev–Trinajstić information content (AvgIpc) is 3.15. The minimum atomic E-state index is -0.371. The molecule has 2 fully saturated rings. The fourth-order valence-corrected chi connectivity index (χ4v) is 3.92. The number of hydrogen-bond acceptors (Lipinski definition) is 5. The molecule has 2 saturated heterocycles. The highest BCUT2D eigenvalue weighted by Crippen LogP contribution is 2.32. The van der Waals surface area contributed by atoms with Gasteiger partial charge >= 0.3 is 0 Å². The first-order valence-corrected chi connectivity index (χ1v) is 9.07. The molecule has 144 valence electrons. The third kappa shape index (κ3) is 4.45. The number of piperidine rings is 1. The summed E-state index contributed by atoms with van der Waals surface area (Å²) in [4.78, 5) is 27.8. The van der Waals surface area contributed by atoms with Crippen molar-refractivity contribution in [2.24, 2.45) is 5.92 Å². The fourth-order valence-electron chi connectivity index (χ4n) is 3.92. The zero-order valence-corrected chi connectivity index (χ0v) is 16.0. The van der Waals surface area contributed by atoms with Crippen molar-refractivity contribution in [3.05, 3.63) is 33.9 Å². The SMILES string of the molecule is CNCC1CCCN(C(=O)c2ccc(N3CCCC3)c([N+](=O)[O-])c2)C1.Cl. The van der Waals surface area contributed by atoms with E-state index in [0.717, 1.165) is 51.9 Å². The van der Waals surface area contributed by atoms with E-state index in [4.69, 9.17) is 0 Å². The minimum absolute atomic E-state index is 0. The summed E-state index contributed by atoms with van der Waals surface area (Å²) in [5, 5.41) is 14.7. The van der Waals surface area contributed by atoms with Crippen LogP contribution in [0, 0.1) is 16.0 Å². The number of nitro benzene ring substituents is 1. The molecule has 0 bridgehead atoms. The van der Waals surface area contributed by atoms with E-state index in [1.165, 1.54) is 6.07 Å². The van der Waals surface area contributed by atoms with Crippen molar-refractivity contribution in [3.63, 3.8) is 0 Å². The molecule has 8 heteroatoms. The maximum atomic E-state index is 12.8. The van der Waals surface area contributed by atoms with Crippen LogP contribution in [0.3, 0.4) is 0 Å². The van der Waals surface area contributed by atoms with Crippen LogP contribution in [0.25, 0.3) is 0 Å². The molecule has 0 radical (unpaired) electrons. The molecule has 1 unspecified atom stereocenters. The zero-order chi connectivity index (χ0) is 17.8. The van der Waals surface area contributed by atoms with Crippen LogP contribution in [-0.2, 0) is 0 Å². The molecule has 0 aliphatic carbocycles. The summed E-state index contributed by atoms with van der Waals surface area (Å²) in [6.45, 7) is 4.00. The highest BCUT2D eigenvalue weighted by molar-refractivity contribution is 5.96. The molecule has 3 rings (SSSR count). The Labute approximate surface area is 160 Å². The van der Waals surface area contributed by atoms with E-state index >= 15 is 0 Å². The average molecular weight is 383 g/mol. The molecule has 2 aliphatic heterocycles. The van der Waals surface area contributed by atoms with Crippen LogP contribution in [0.5, 0.6) is 0 Å². The van der Waals surface area contributed by atoms with Gasteiger partial charge in [0.1, 0.15) is 5.69 Å². The summed E-state index contributed by atoms with van der Waals surface area (Å²) in [5.41, 5.74) is 1.09. The lowest BCUT2D eigenvalue weighted by Crippen LogP contribution is -2.42. The molecule has 1 aromatic carbocycles. The molecule has 26 heavy (non-hydrogen) atoms. The molecular formula is C18H27ClN4O3. The normalized spacial score (nSPS) is 20.0. The molecule has 1 aromatic rings. The van der Waals surface area contributed by atoms with Crippen molar-refractivity contribution in [2.45, 2.75) is 25.7 Å². The smallest absolute Gasteiger partial charge is 0.293 e. The van der Waals surface area contributed by atoms with E-state index in [-0.39, 0.29) is 28.9 Å². The maximum Gasteiger partial charge on any atom is 0.293 e. The van der Waals surface area contributed by atoms with E-state index in [1.807, 2.05) is 16.8 Å². The number of rotatable bonds is 5. The second kappa shape index (κ2) is 9.19. The molecule has 0 saturated carbocycles. The van der Waals surface area contributed by atoms with Gasteiger partial charge in [0.2, 0.25) is 0 Å². The van der Waals surface area contributed by atoms with Gasteiger partial charge in [0.05, 0.1) is 4.92 Å². The van der Waals surface area contributed by atoms with E-state index < -0.39 is 0 Å². The third-order valence-corrected chi connectivity index (χ3v) is 5.16. The van der Waals surface area contributed by atoms with E-state index in [2.05, 4.69) is 5.32 Å². The standard InChI is InChI=1S/C18H26N4O3.ClH/c1-19-12-14-5-4-10-21(13-14)18(23)15-6-7-16(17(11-15)22(24)25)20-8-2-3-9-20;/h6-7,11,14,19H,2-5,8-10,12-13H2,1H3;1H. The Morgan fingerprint density at radius 3 is 2.65 bits per heavy atom. The number of halogens is 1. The van der Waals surface area contributed by atoms with Gasteiger partial charge in [-0.05, 0) is 57.3 Å². The van der Waals surface area contributed by atoms with Crippen molar-refractivity contribution >= 4 is 29.7 Å². The number of amides is 1. The number of carbonyl (C=O) groups is 1. The summed E-state index contributed by atoms with van der Waals surface area (Å²) in [7, 11) is 1.92. The third-order valence-electron chi connectivity index (χ3n) is 5.16. The molecule has 0 spiro atoms.